The van der Waals surface area contributed by atoms with E-state index in [1.807, 2.05) is 12.1 Å². The van der Waals surface area contributed by atoms with Gasteiger partial charge in [-0.3, -0.25) is 20.4 Å². The molecule has 0 aromatic heterocycles. The highest BCUT2D eigenvalue weighted by atomic mass is 35.5. The van der Waals surface area contributed by atoms with Crippen molar-refractivity contribution in [3.63, 3.8) is 0 Å². The van der Waals surface area contributed by atoms with E-state index < -0.39 is 5.91 Å². The quantitative estimate of drug-likeness (QED) is 0.642. The second-order valence-corrected chi connectivity index (χ2v) is 5.93. The van der Waals surface area contributed by atoms with Gasteiger partial charge in [0.15, 0.2) is 0 Å². The third-order valence-corrected chi connectivity index (χ3v) is 4.11. The zero-order valence-corrected chi connectivity index (χ0v) is 13.9. The zero-order chi connectivity index (χ0) is 16.7. The lowest BCUT2D eigenvalue weighted by Gasteiger charge is -2.10. The van der Waals surface area contributed by atoms with Crippen molar-refractivity contribution in [2.24, 2.45) is 0 Å². The first-order chi connectivity index (χ1) is 11.1. The van der Waals surface area contributed by atoms with Crippen molar-refractivity contribution in [1.82, 2.24) is 10.9 Å². The molecule has 0 radical (unpaired) electrons. The summed E-state index contributed by atoms with van der Waals surface area (Å²) in [5.41, 5.74) is 5.09. The summed E-state index contributed by atoms with van der Waals surface area (Å²) >= 11 is 7.14. The highest BCUT2D eigenvalue weighted by Gasteiger charge is 2.12. The Kier molecular flexibility index (Phi) is 6.31. The number of hydrazine groups is 1. The van der Waals surface area contributed by atoms with Gasteiger partial charge in [-0.15, -0.1) is 11.8 Å². The molecule has 2 N–H and O–H groups in total. The summed E-state index contributed by atoms with van der Waals surface area (Å²) < 4.78 is 5.10. The third kappa shape index (κ3) is 5.19. The Balaban J connectivity index is 1.82. The molecule has 2 rings (SSSR count). The highest BCUT2D eigenvalue weighted by molar-refractivity contribution is 8.00. The van der Waals surface area contributed by atoms with Crippen LogP contribution in [0.1, 0.15) is 10.4 Å². The van der Waals surface area contributed by atoms with Gasteiger partial charge in [0.2, 0.25) is 5.91 Å². The standard InChI is InChI=1S/C16H15ClN2O3S/c1-22-14-5-3-2-4-13(14)16(21)19-18-15(20)10-23-12-8-6-11(17)7-9-12/h2-9H,10H2,1H3,(H,18,20)(H,19,21). The van der Waals surface area contributed by atoms with E-state index in [1.54, 1.807) is 36.4 Å². The van der Waals surface area contributed by atoms with Gasteiger partial charge in [-0.05, 0) is 36.4 Å². The molecule has 0 atom stereocenters. The second kappa shape index (κ2) is 8.45. The maximum atomic E-state index is 12.0. The first-order valence-electron chi connectivity index (χ1n) is 6.70. The molecule has 0 heterocycles. The average Bonchev–Trinajstić information content (AvgIpc) is 2.59. The van der Waals surface area contributed by atoms with E-state index in [-0.39, 0.29) is 11.7 Å². The lowest BCUT2D eigenvalue weighted by molar-refractivity contribution is -0.119. The number of amides is 2. The molecule has 0 aliphatic heterocycles. The van der Waals surface area contributed by atoms with E-state index in [0.717, 1.165) is 4.90 Å². The van der Waals surface area contributed by atoms with Crippen molar-refractivity contribution in [3.8, 4) is 5.75 Å². The Bertz CT molecular complexity index is 692. The maximum Gasteiger partial charge on any atom is 0.273 e. The fourth-order valence-electron chi connectivity index (χ4n) is 1.74. The van der Waals surface area contributed by atoms with Crippen molar-refractivity contribution in [3.05, 3.63) is 59.1 Å². The van der Waals surface area contributed by atoms with Crippen molar-refractivity contribution in [1.29, 1.82) is 0 Å². The van der Waals surface area contributed by atoms with Crippen LogP contribution < -0.4 is 15.6 Å². The highest BCUT2D eigenvalue weighted by Crippen LogP contribution is 2.20. The van der Waals surface area contributed by atoms with Gasteiger partial charge in [0, 0.05) is 9.92 Å². The number of methoxy groups -OCH3 is 1. The average molecular weight is 351 g/mol. The number of rotatable bonds is 5. The summed E-state index contributed by atoms with van der Waals surface area (Å²) in [7, 11) is 1.48. The van der Waals surface area contributed by atoms with E-state index in [4.69, 9.17) is 16.3 Å². The first-order valence-corrected chi connectivity index (χ1v) is 8.07. The van der Waals surface area contributed by atoms with E-state index in [9.17, 15) is 9.59 Å². The van der Waals surface area contributed by atoms with Crippen LogP contribution >= 0.6 is 23.4 Å². The molecule has 0 spiro atoms. The molecule has 2 aromatic rings. The number of nitrogens with one attached hydrogen (secondary N) is 2. The number of hydrogen-bond acceptors (Lipinski definition) is 4. The number of hydrogen-bond donors (Lipinski definition) is 2. The second-order valence-electron chi connectivity index (χ2n) is 4.45. The Morgan fingerprint density at radius 1 is 1.09 bits per heavy atom. The Hall–Kier alpha value is -2.18. The van der Waals surface area contributed by atoms with Crippen LogP contribution in [-0.4, -0.2) is 24.7 Å². The molecule has 0 saturated heterocycles. The molecular weight excluding hydrogens is 336 g/mol. The minimum atomic E-state index is -0.438. The van der Waals surface area contributed by atoms with Crippen molar-refractivity contribution in [2.75, 3.05) is 12.9 Å². The Morgan fingerprint density at radius 3 is 2.48 bits per heavy atom. The van der Waals surface area contributed by atoms with Crippen molar-refractivity contribution < 1.29 is 14.3 Å². The molecule has 2 aromatic carbocycles. The van der Waals surface area contributed by atoms with Gasteiger partial charge in [-0.25, -0.2) is 0 Å². The summed E-state index contributed by atoms with van der Waals surface area (Å²) in [5, 5.41) is 0.642. The molecule has 0 unspecified atom stereocenters. The molecule has 7 heteroatoms. The number of benzene rings is 2. The lowest BCUT2D eigenvalue weighted by atomic mass is 10.2. The number of carbonyl (C=O) groups is 2. The third-order valence-electron chi connectivity index (χ3n) is 2.85. The van der Waals surface area contributed by atoms with E-state index >= 15 is 0 Å². The molecule has 0 aliphatic rings. The predicted octanol–water partition coefficient (Wildman–Crippen LogP) is 2.90. The molecule has 2 amide bonds. The Morgan fingerprint density at radius 2 is 1.78 bits per heavy atom. The van der Waals surface area contributed by atoms with Gasteiger partial charge in [-0.2, -0.15) is 0 Å². The van der Waals surface area contributed by atoms with Crippen LogP contribution in [0.5, 0.6) is 5.75 Å². The van der Waals surface area contributed by atoms with Gasteiger partial charge in [0.05, 0.1) is 18.4 Å². The smallest absolute Gasteiger partial charge is 0.273 e. The first kappa shape index (κ1) is 17.2. The van der Waals surface area contributed by atoms with Crippen LogP contribution in [0.15, 0.2) is 53.4 Å². The molecule has 0 fully saturated rings. The van der Waals surface area contributed by atoms with Crippen LogP contribution in [0.4, 0.5) is 0 Å². The minimum absolute atomic E-state index is 0.174. The summed E-state index contributed by atoms with van der Waals surface area (Å²) in [5.74, 6) is -0.135. The van der Waals surface area contributed by atoms with Gasteiger partial charge in [0.25, 0.3) is 5.91 Å². The SMILES string of the molecule is COc1ccccc1C(=O)NNC(=O)CSc1ccc(Cl)cc1. The van der Waals surface area contributed by atoms with Crippen molar-refractivity contribution in [2.45, 2.75) is 4.90 Å². The lowest BCUT2D eigenvalue weighted by Crippen LogP contribution is -2.42. The zero-order valence-electron chi connectivity index (χ0n) is 12.3. The van der Waals surface area contributed by atoms with Crippen LogP contribution in [0.2, 0.25) is 5.02 Å². The van der Waals surface area contributed by atoms with E-state index in [0.29, 0.717) is 16.3 Å². The molecule has 0 saturated carbocycles. The van der Waals surface area contributed by atoms with Crippen molar-refractivity contribution >= 4 is 35.2 Å². The molecular formula is C16H15ClN2O3S. The van der Waals surface area contributed by atoms with Crippen LogP contribution in [-0.2, 0) is 4.79 Å². The fraction of sp³-hybridized carbons (Fsp3) is 0.125. The maximum absolute atomic E-state index is 12.0. The number of thioether (sulfide) groups is 1. The molecule has 0 aliphatic carbocycles. The largest absolute Gasteiger partial charge is 0.496 e. The molecule has 5 nitrogen and oxygen atoms in total. The normalized spacial score (nSPS) is 10.0. The number of halogens is 1. The van der Waals surface area contributed by atoms with Gasteiger partial charge >= 0.3 is 0 Å². The molecule has 120 valence electrons. The topological polar surface area (TPSA) is 67.4 Å². The van der Waals surface area contributed by atoms with Gasteiger partial charge in [-0.1, -0.05) is 23.7 Å². The summed E-state index contributed by atoms with van der Waals surface area (Å²) in [6, 6.07) is 13.9. The van der Waals surface area contributed by atoms with E-state index in [1.165, 1.54) is 18.9 Å². The number of ether oxygens (including phenoxy) is 1. The summed E-state index contributed by atoms with van der Waals surface area (Å²) in [6.45, 7) is 0. The van der Waals surface area contributed by atoms with Crippen LogP contribution in [0.25, 0.3) is 0 Å². The number of carbonyl (C=O) groups excluding carboxylic acids is 2. The van der Waals surface area contributed by atoms with Crippen LogP contribution in [0.3, 0.4) is 0 Å². The summed E-state index contributed by atoms with van der Waals surface area (Å²) in [6.07, 6.45) is 0. The molecule has 23 heavy (non-hydrogen) atoms. The summed E-state index contributed by atoms with van der Waals surface area (Å²) in [4.78, 5) is 24.7. The number of para-hydroxylation sites is 1. The van der Waals surface area contributed by atoms with E-state index in [2.05, 4.69) is 10.9 Å². The monoisotopic (exact) mass is 350 g/mol. The Labute approximate surface area is 143 Å². The van der Waals surface area contributed by atoms with Gasteiger partial charge < -0.3 is 4.74 Å². The predicted molar refractivity (Wildman–Crippen MR) is 90.8 cm³/mol. The van der Waals surface area contributed by atoms with Crippen LogP contribution in [0, 0.1) is 0 Å². The van der Waals surface area contributed by atoms with Gasteiger partial charge in [0.1, 0.15) is 5.75 Å². The minimum Gasteiger partial charge on any atom is -0.496 e. The fourth-order valence-corrected chi connectivity index (χ4v) is 2.57. The molecule has 0 bridgehead atoms.